The number of rotatable bonds is 16. The zero-order valence-electron chi connectivity index (χ0n) is 21.9. The van der Waals surface area contributed by atoms with Gasteiger partial charge in [0.15, 0.2) is 11.6 Å². The summed E-state index contributed by atoms with van der Waals surface area (Å²) in [4.78, 5) is 36.5. The highest BCUT2D eigenvalue weighted by Crippen LogP contribution is 2.30. The van der Waals surface area contributed by atoms with E-state index >= 15 is 0 Å². The maximum Gasteiger partial charge on any atom is 0.338 e. The summed E-state index contributed by atoms with van der Waals surface area (Å²) in [6.07, 6.45) is 3.54. The van der Waals surface area contributed by atoms with E-state index in [1.165, 1.54) is 35.2 Å². The van der Waals surface area contributed by atoms with Crippen molar-refractivity contribution in [2.75, 3.05) is 11.1 Å². The summed E-state index contributed by atoms with van der Waals surface area (Å²) in [6.45, 7) is 3.64. The molecule has 2 aromatic rings. The van der Waals surface area contributed by atoms with Crippen LogP contribution in [-0.2, 0) is 36.7 Å². The fourth-order valence-electron chi connectivity index (χ4n) is 3.97. The lowest BCUT2D eigenvalue weighted by Crippen LogP contribution is -2.35. The standard InChI is InChI=1S/C25H33FN6O5S2/c1-3-11-25(2)36-18(22(35)37-25)15-20(34)28-23(30-27)38-12-6-4-5-10-21-31-32-24(39-21)29-19(33)14-16-8-7-9-17(26)13-16/h7-9,13,18,23,27H,3-6,10-12,14-15H2,1-2H3,(H,28,34)(H,29,32,33). The summed E-state index contributed by atoms with van der Waals surface area (Å²) in [5.41, 5.74) is 7.20. The molecule has 39 heavy (non-hydrogen) atoms. The molecule has 0 spiro atoms. The van der Waals surface area contributed by atoms with Crippen molar-refractivity contribution in [2.45, 2.75) is 82.6 Å². The number of thioether (sulfide) groups is 1. The summed E-state index contributed by atoms with van der Waals surface area (Å²) in [5, 5.41) is 18.1. The molecule has 212 valence electrons. The highest BCUT2D eigenvalue weighted by atomic mass is 32.2. The fourth-order valence-corrected chi connectivity index (χ4v) is 5.65. The van der Waals surface area contributed by atoms with E-state index in [1.54, 1.807) is 19.1 Å². The molecule has 2 heterocycles. The fraction of sp³-hybridized carbons (Fsp3) is 0.560. The smallest absolute Gasteiger partial charge is 0.338 e. The Balaban J connectivity index is 1.28. The molecule has 1 aliphatic rings. The first-order valence-corrected chi connectivity index (χ1v) is 14.6. The van der Waals surface area contributed by atoms with Crippen molar-refractivity contribution >= 4 is 46.0 Å². The summed E-state index contributed by atoms with van der Waals surface area (Å²) >= 11 is 2.64. The number of aryl methyl sites for hydroxylation is 1. The van der Waals surface area contributed by atoms with Crippen molar-refractivity contribution in [1.82, 2.24) is 15.5 Å². The van der Waals surface area contributed by atoms with E-state index in [0.29, 0.717) is 29.3 Å². The van der Waals surface area contributed by atoms with Gasteiger partial charge < -0.3 is 20.1 Å². The van der Waals surface area contributed by atoms with Crippen molar-refractivity contribution in [3.05, 3.63) is 40.7 Å². The van der Waals surface area contributed by atoms with Gasteiger partial charge in [-0.25, -0.2) is 14.7 Å². The number of nitrogens with one attached hydrogen (secondary N) is 3. The first-order valence-electron chi connectivity index (χ1n) is 12.7. The minimum atomic E-state index is -1.00. The first-order chi connectivity index (χ1) is 18.7. The molecule has 1 aromatic carbocycles. The number of nitrogens with zero attached hydrogens (tertiary/aromatic N) is 3. The summed E-state index contributed by atoms with van der Waals surface area (Å²) in [5.74, 6) is -1.97. The quantitative estimate of drug-likeness (QED) is 0.113. The number of halogens is 1. The van der Waals surface area contributed by atoms with Crippen LogP contribution in [-0.4, -0.2) is 51.1 Å². The van der Waals surface area contributed by atoms with Crippen LogP contribution in [0, 0.1) is 11.3 Å². The van der Waals surface area contributed by atoms with Gasteiger partial charge in [-0.3, -0.25) is 9.59 Å². The third-order valence-corrected chi connectivity index (χ3v) is 7.69. The molecule has 11 nitrogen and oxygen atoms in total. The summed E-state index contributed by atoms with van der Waals surface area (Å²) < 4.78 is 24.2. The van der Waals surface area contributed by atoms with Gasteiger partial charge in [-0.15, -0.1) is 22.0 Å². The van der Waals surface area contributed by atoms with Gasteiger partial charge in [-0.1, -0.05) is 36.8 Å². The number of carbonyl (C=O) groups excluding carboxylic acids is 3. The predicted octanol–water partition coefficient (Wildman–Crippen LogP) is 4.58. The van der Waals surface area contributed by atoms with Crippen LogP contribution in [0.25, 0.3) is 0 Å². The largest absolute Gasteiger partial charge is 0.431 e. The SMILES string of the molecule is CCCC1(C)OC(=O)C(CC(=O)NC(N=N)SCCCCCc2nnc(NC(=O)Cc3cccc(F)c3)s2)O1. The summed E-state index contributed by atoms with van der Waals surface area (Å²) in [7, 11) is 0. The van der Waals surface area contributed by atoms with E-state index in [-0.39, 0.29) is 24.6 Å². The molecule has 1 aromatic heterocycles. The number of amides is 2. The predicted molar refractivity (Wildman–Crippen MR) is 145 cm³/mol. The lowest BCUT2D eigenvalue weighted by atomic mass is 10.1. The Kier molecular flexibility index (Phi) is 11.7. The Morgan fingerprint density at radius 1 is 1.28 bits per heavy atom. The molecule has 3 atom stereocenters. The topological polar surface area (TPSA) is 156 Å². The van der Waals surface area contributed by atoms with Gasteiger partial charge in [0, 0.05) is 19.8 Å². The number of cyclic esters (lactones) is 1. The van der Waals surface area contributed by atoms with Crippen LogP contribution in [0.3, 0.4) is 0 Å². The van der Waals surface area contributed by atoms with E-state index in [0.717, 1.165) is 30.7 Å². The number of esters is 1. The maximum absolute atomic E-state index is 13.3. The number of hydrogen-bond donors (Lipinski definition) is 3. The van der Waals surface area contributed by atoms with Crippen LogP contribution < -0.4 is 10.6 Å². The third kappa shape index (κ3) is 10.3. The van der Waals surface area contributed by atoms with Crippen LogP contribution in [0.4, 0.5) is 9.52 Å². The van der Waals surface area contributed by atoms with E-state index in [1.807, 2.05) is 6.92 Å². The molecule has 3 unspecified atom stereocenters. The van der Waals surface area contributed by atoms with Crippen molar-refractivity contribution < 1.29 is 28.2 Å². The first kappa shape index (κ1) is 30.6. The number of benzene rings is 1. The highest BCUT2D eigenvalue weighted by Gasteiger charge is 2.44. The molecule has 3 N–H and O–H groups in total. The van der Waals surface area contributed by atoms with Gasteiger partial charge >= 0.3 is 5.97 Å². The van der Waals surface area contributed by atoms with Crippen LogP contribution in [0.5, 0.6) is 0 Å². The van der Waals surface area contributed by atoms with Crippen LogP contribution >= 0.6 is 23.1 Å². The van der Waals surface area contributed by atoms with Crippen molar-refractivity contribution in [2.24, 2.45) is 5.11 Å². The lowest BCUT2D eigenvalue weighted by Gasteiger charge is -2.21. The molecule has 0 radical (unpaired) electrons. The van der Waals surface area contributed by atoms with Gasteiger partial charge in [-0.2, -0.15) is 5.11 Å². The molecular weight excluding hydrogens is 547 g/mol. The number of unbranched alkanes of at least 4 members (excludes halogenated alkanes) is 2. The molecule has 0 bridgehead atoms. The maximum atomic E-state index is 13.3. The molecule has 0 aliphatic carbocycles. The Labute approximate surface area is 234 Å². The second kappa shape index (κ2) is 15.0. The lowest BCUT2D eigenvalue weighted by molar-refractivity contribution is -0.171. The molecule has 1 saturated heterocycles. The molecule has 1 aliphatic heterocycles. The van der Waals surface area contributed by atoms with Gasteiger partial charge in [0.1, 0.15) is 10.8 Å². The monoisotopic (exact) mass is 580 g/mol. The summed E-state index contributed by atoms with van der Waals surface area (Å²) in [6, 6.07) is 5.90. The normalized spacial score (nSPS) is 19.4. The van der Waals surface area contributed by atoms with Crippen LogP contribution in [0.15, 0.2) is 29.4 Å². The number of aromatic nitrogens is 2. The third-order valence-electron chi connectivity index (χ3n) is 5.73. The highest BCUT2D eigenvalue weighted by molar-refractivity contribution is 7.99. The van der Waals surface area contributed by atoms with Gasteiger partial charge in [0.25, 0.3) is 0 Å². The van der Waals surface area contributed by atoms with E-state index < -0.39 is 29.3 Å². The number of carbonyl (C=O) groups is 3. The van der Waals surface area contributed by atoms with Crippen molar-refractivity contribution in [3.63, 3.8) is 0 Å². The van der Waals surface area contributed by atoms with Crippen LogP contribution in [0.1, 0.15) is 62.9 Å². The zero-order valence-corrected chi connectivity index (χ0v) is 23.5. The van der Waals surface area contributed by atoms with Crippen molar-refractivity contribution in [1.29, 1.82) is 5.53 Å². The second-order valence-corrected chi connectivity index (χ2v) is 11.5. The minimum Gasteiger partial charge on any atom is -0.431 e. The minimum absolute atomic E-state index is 0.0513. The van der Waals surface area contributed by atoms with E-state index in [2.05, 4.69) is 25.9 Å². The van der Waals surface area contributed by atoms with Gasteiger partial charge in [-0.05, 0) is 42.7 Å². The molecule has 2 amide bonds. The van der Waals surface area contributed by atoms with Crippen molar-refractivity contribution in [3.8, 4) is 0 Å². The molecule has 1 fully saturated rings. The average Bonchev–Trinajstić information content (AvgIpc) is 3.42. The molecule has 14 heteroatoms. The van der Waals surface area contributed by atoms with E-state index in [9.17, 15) is 18.8 Å². The second-order valence-electron chi connectivity index (χ2n) is 9.20. The number of hydrogen-bond acceptors (Lipinski definition) is 11. The van der Waals surface area contributed by atoms with Gasteiger partial charge in [0.05, 0.1) is 12.8 Å². The molecule has 0 saturated carbocycles. The Morgan fingerprint density at radius 3 is 2.85 bits per heavy atom. The Hall–Kier alpha value is -2.97. The number of anilines is 1. The van der Waals surface area contributed by atoms with Crippen LogP contribution in [0.2, 0.25) is 0 Å². The average molecular weight is 581 g/mol. The van der Waals surface area contributed by atoms with E-state index in [4.69, 9.17) is 15.0 Å². The molecular formula is C25H33FN6O5S2. The number of ether oxygens (including phenoxy) is 2. The Morgan fingerprint density at radius 2 is 2.10 bits per heavy atom. The van der Waals surface area contributed by atoms with Gasteiger partial charge in [0.2, 0.25) is 22.7 Å². The molecule has 3 rings (SSSR count). The zero-order chi connectivity index (χ0) is 28.3. The Bertz CT molecular complexity index is 1150.